The van der Waals surface area contributed by atoms with E-state index in [4.69, 9.17) is 4.74 Å². The van der Waals surface area contributed by atoms with Gasteiger partial charge in [0.25, 0.3) is 5.91 Å². The molecule has 1 amide bonds. The minimum absolute atomic E-state index is 0.241. The Labute approximate surface area is 197 Å². The zero-order chi connectivity index (χ0) is 23.7. The summed E-state index contributed by atoms with van der Waals surface area (Å²) >= 11 is 0. The second-order valence-corrected chi connectivity index (χ2v) is 8.67. The van der Waals surface area contributed by atoms with Gasteiger partial charge in [0.05, 0.1) is 24.4 Å². The maximum Gasteiger partial charge on any atom is 0.252 e. The van der Waals surface area contributed by atoms with Crippen molar-refractivity contribution in [2.75, 3.05) is 18.5 Å². The summed E-state index contributed by atoms with van der Waals surface area (Å²) in [6, 6.07) is 13.9. The van der Waals surface area contributed by atoms with Crippen molar-refractivity contribution in [2.45, 2.75) is 25.4 Å². The molecule has 2 N–H and O–H groups in total. The van der Waals surface area contributed by atoms with Crippen LogP contribution in [0.25, 0.3) is 10.8 Å². The molecule has 4 aromatic rings. The van der Waals surface area contributed by atoms with Gasteiger partial charge in [0.2, 0.25) is 0 Å². The predicted octanol–water partition coefficient (Wildman–Crippen LogP) is 4.14. The molecule has 1 unspecified atom stereocenters. The average molecular weight is 460 g/mol. The van der Waals surface area contributed by atoms with Gasteiger partial charge in [-0.2, -0.15) is 5.10 Å². The Hall–Kier alpha value is -3.78. The van der Waals surface area contributed by atoms with Gasteiger partial charge in [-0.25, -0.2) is 9.37 Å². The van der Waals surface area contributed by atoms with Gasteiger partial charge in [-0.05, 0) is 60.2 Å². The van der Waals surface area contributed by atoms with Gasteiger partial charge in [0.1, 0.15) is 11.6 Å². The van der Waals surface area contributed by atoms with Crippen molar-refractivity contribution in [2.24, 2.45) is 7.05 Å². The molecule has 1 aliphatic rings. The van der Waals surface area contributed by atoms with Gasteiger partial charge >= 0.3 is 0 Å². The smallest absolute Gasteiger partial charge is 0.252 e. The lowest BCUT2D eigenvalue weighted by Gasteiger charge is -2.18. The summed E-state index contributed by atoms with van der Waals surface area (Å²) in [5.74, 6) is 0.162. The maximum absolute atomic E-state index is 14.3. The molecule has 0 bridgehead atoms. The Bertz CT molecular complexity index is 1350. The fourth-order valence-electron chi connectivity index (χ4n) is 4.14. The van der Waals surface area contributed by atoms with E-state index < -0.39 is 6.04 Å². The number of hydrogen-bond acceptors (Lipinski definition) is 5. The van der Waals surface area contributed by atoms with Crippen molar-refractivity contribution in [3.63, 3.8) is 0 Å². The number of anilines is 1. The average Bonchev–Trinajstić information content (AvgIpc) is 3.50. The number of rotatable bonds is 6. The summed E-state index contributed by atoms with van der Waals surface area (Å²) in [5, 5.41) is 12.7. The Morgan fingerprint density at radius 3 is 2.79 bits per heavy atom. The van der Waals surface area contributed by atoms with Gasteiger partial charge in [-0.1, -0.05) is 18.2 Å². The van der Waals surface area contributed by atoms with E-state index in [0.717, 1.165) is 29.6 Å². The summed E-state index contributed by atoms with van der Waals surface area (Å²) in [7, 11) is 1.80. The highest BCUT2D eigenvalue weighted by Crippen LogP contribution is 2.25. The number of benzene rings is 2. The highest BCUT2D eigenvalue weighted by molar-refractivity contribution is 5.99. The molecule has 174 valence electrons. The molecule has 1 aliphatic heterocycles. The number of fused-ring (bicyclic) bond motifs is 1. The number of carbonyl (C=O) groups excluding carboxylic acids is 1. The van der Waals surface area contributed by atoms with Crippen molar-refractivity contribution in [1.29, 1.82) is 0 Å². The SMILES string of the molecule is Cc1ccc([C@H](NC(=O)c2ccc3cnc(NC4CCOC4)cc3c2)c2ccn(C)n2)cc1F. The molecule has 0 saturated carbocycles. The summed E-state index contributed by atoms with van der Waals surface area (Å²) < 4.78 is 21.4. The third kappa shape index (κ3) is 4.63. The molecular weight excluding hydrogens is 433 g/mol. The standard InChI is InChI=1S/C26H26FN5O2/c1-16-3-4-17(12-22(16)27)25(23-7-9-32(2)31-23)30-26(33)18-5-6-19-14-28-24(13-20(19)11-18)29-21-8-10-34-15-21/h3-7,9,11-14,21,25H,8,10,15H2,1-2H3,(H,28,29)(H,30,33)/t21?,25-/m0/s1. The molecule has 3 heterocycles. The molecule has 0 spiro atoms. The maximum atomic E-state index is 14.3. The fourth-order valence-corrected chi connectivity index (χ4v) is 4.14. The minimum Gasteiger partial charge on any atom is -0.379 e. The van der Waals surface area contributed by atoms with Crippen LogP contribution in [0.1, 0.15) is 39.6 Å². The zero-order valence-corrected chi connectivity index (χ0v) is 19.1. The van der Waals surface area contributed by atoms with Crippen LogP contribution in [0.3, 0.4) is 0 Å². The quantitative estimate of drug-likeness (QED) is 0.453. The first-order chi connectivity index (χ1) is 16.5. The normalized spacial score (nSPS) is 16.5. The number of hydrogen-bond donors (Lipinski definition) is 2. The number of ether oxygens (including phenoxy) is 1. The van der Waals surface area contributed by atoms with Crippen molar-refractivity contribution in [1.82, 2.24) is 20.1 Å². The van der Waals surface area contributed by atoms with E-state index in [2.05, 4.69) is 20.7 Å². The molecule has 34 heavy (non-hydrogen) atoms. The second kappa shape index (κ2) is 9.23. The third-order valence-corrected chi connectivity index (χ3v) is 6.10. The number of pyridine rings is 1. The van der Waals surface area contributed by atoms with Gasteiger partial charge in [-0.3, -0.25) is 9.48 Å². The highest BCUT2D eigenvalue weighted by Gasteiger charge is 2.22. The third-order valence-electron chi connectivity index (χ3n) is 6.10. The largest absolute Gasteiger partial charge is 0.379 e. The van der Waals surface area contributed by atoms with Crippen LogP contribution in [-0.2, 0) is 11.8 Å². The molecular formula is C26H26FN5O2. The van der Waals surface area contributed by atoms with Crippen LogP contribution in [0.2, 0.25) is 0 Å². The van der Waals surface area contributed by atoms with Crippen LogP contribution >= 0.6 is 0 Å². The monoisotopic (exact) mass is 459 g/mol. The Kier molecular flexibility index (Phi) is 5.98. The van der Waals surface area contributed by atoms with Crippen molar-refractivity contribution in [3.05, 3.63) is 89.1 Å². The lowest BCUT2D eigenvalue weighted by atomic mass is 10.0. The Balaban J connectivity index is 1.42. The van der Waals surface area contributed by atoms with E-state index in [1.807, 2.05) is 30.3 Å². The van der Waals surface area contributed by atoms with E-state index in [1.54, 1.807) is 43.2 Å². The molecule has 0 radical (unpaired) electrons. The highest BCUT2D eigenvalue weighted by atomic mass is 19.1. The summed E-state index contributed by atoms with van der Waals surface area (Å²) in [6.07, 6.45) is 4.53. The van der Waals surface area contributed by atoms with E-state index in [-0.39, 0.29) is 17.8 Å². The first kappa shape index (κ1) is 22.0. The second-order valence-electron chi connectivity index (χ2n) is 8.67. The molecule has 8 heteroatoms. The van der Waals surface area contributed by atoms with E-state index in [0.29, 0.717) is 29.0 Å². The van der Waals surface area contributed by atoms with Crippen LogP contribution in [0.15, 0.2) is 60.9 Å². The number of halogens is 1. The lowest BCUT2D eigenvalue weighted by molar-refractivity contribution is 0.0942. The Morgan fingerprint density at radius 1 is 1.18 bits per heavy atom. The minimum atomic E-state index is -0.587. The Morgan fingerprint density at radius 2 is 2.06 bits per heavy atom. The molecule has 1 saturated heterocycles. The van der Waals surface area contributed by atoms with Crippen molar-refractivity contribution in [3.8, 4) is 0 Å². The molecule has 7 nitrogen and oxygen atoms in total. The van der Waals surface area contributed by atoms with Gasteiger partial charge in [-0.15, -0.1) is 0 Å². The van der Waals surface area contributed by atoms with Crippen LogP contribution in [0.4, 0.5) is 10.2 Å². The number of aromatic nitrogens is 3. The van der Waals surface area contributed by atoms with Crippen molar-refractivity contribution >= 4 is 22.5 Å². The number of nitrogens with one attached hydrogen (secondary N) is 2. The van der Waals surface area contributed by atoms with Crippen LogP contribution < -0.4 is 10.6 Å². The van der Waals surface area contributed by atoms with Gasteiger partial charge < -0.3 is 15.4 Å². The van der Waals surface area contributed by atoms with E-state index in [9.17, 15) is 9.18 Å². The van der Waals surface area contributed by atoms with Crippen LogP contribution in [0, 0.1) is 12.7 Å². The van der Waals surface area contributed by atoms with E-state index >= 15 is 0 Å². The van der Waals surface area contributed by atoms with Crippen molar-refractivity contribution < 1.29 is 13.9 Å². The number of carbonyl (C=O) groups is 1. The first-order valence-electron chi connectivity index (χ1n) is 11.3. The predicted molar refractivity (Wildman–Crippen MR) is 128 cm³/mol. The van der Waals surface area contributed by atoms with Gasteiger partial charge in [0.15, 0.2) is 0 Å². The zero-order valence-electron chi connectivity index (χ0n) is 19.1. The van der Waals surface area contributed by atoms with Crippen LogP contribution in [-0.4, -0.2) is 39.9 Å². The first-order valence-corrected chi connectivity index (χ1v) is 11.3. The summed E-state index contributed by atoms with van der Waals surface area (Å²) in [4.78, 5) is 17.8. The summed E-state index contributed by atoms with van der Waals surface area (Å²) in [6.45, 7) is 3.12. The number of amides is 1. The molecule has 1 fully saturated rings. The number of aryl methyl sites for hydroxylation is 2. The van der Waals surface area contributed by atoms with Crippen LogP contribution in [0.5, 0.6) is 0 Å². The molecule has 2 aromatic carbocycles. The topological polar surface area (TPSA) is 81.1 Å². The molecule has 2 aromatic heterocycles. The fraction of sp³-hybridized carbons (Fsp3) is 0.269. The van der Waals surface area contributed by atoms with Gasteiger partial charge in [0, 0.05) is 37.0 Å². The lowest BCUT2D eigenvalue weighted by Crippen LogP contribution is -2.30. The summed E-state index contributed by atoms with van der Waals surface area (Å²) in [5.41, 5.74) is 2.31. The van der Waals surface area contributed by atoms with E-state index in [1.165, 1.54) is 6.07 Å². The molecule has 0 aliphatic carbocycles. The molecule has 5 rings (SSSR count). The molecule has 2 atom stereocenters. The number of nitrogens with zero attached hydrogens (tertiary/aromatic N) is 3.